The van der Waals surface area contributed by atoms with Gasteiger partial charge in [-0.2, -0.15) is 0 Å². The van der Waals surface area contributed by atoms with E-state index in [2.05, 4.69) is 6.58 Å². The van der Waals surface area contributed by atoms with Gasteiger partial charge in [-0.1, -0.05) is 36.9 Å². The minimum atomic E-state index is 0.0797. The van der Waals surface area contributed by atoms with Crippen LogP contribution in [0.25, 0.3) is 16.8 Å². The third kappa shape index (κ3) is 2.69. The second kappa shape index (κ2) is 5.70. The van der Waals surface area contributed by atoms with Gasteiger partial charge < -0.3 is 9.64 Å². The molecule has 1 aliphatic rings. The van der Waals surface area contributed by atoms with E-state index in [4.69, 9.17) is 4.74 Å². The van der Waals surface area contributed by atoms with E-state index < -0.39 is 0 Å². The van der Waals surface area contributed by atoms with Crippen LogP contribution in [0.1, 0.15) is 22.8 Å². The number of hydrogen-bond donors (Lipinski definition) is 0. The molecule has 108 valence electrons. The standard InChI is InChI=1S/C18H19NO2/c1-3-14-5-4-6-15-11-16(7-8-17(14)15)18(20)19-9-10-21-13(2)12-19/h3-8,11,13H,1,9-10,12H2,2H3. The Labute approximate surface area is 124 Å². The average molecular weight is 281 g/mol. The van der Waals surface area contributed by atoms with Crippen molar-refractivity contribution >= 4 is 22.8 Å². The predicted molar refractivity (Wildman–Crippen MR) is 85.4 cm³/mol. The SMILES string of the molecule is C=Cc1cccc2cc(C(=O)N3CCOC(C)C3)ccc12. The number of ether oxygens (including phenoxy) is 1. The highest BCUT2D eigenvalue weighted by Gasteiger charge is 2.22. The molecule has 1 fully saturated rings. The van der Waals surface area contributed by atoms with Crippen molar-refractivity contribution in [2.75, 3.05) is 19.7 Å². The van der Waals surface area contributed by atoms with Crippen LogP contribution in [0.5, 0.6) is 0 Å². The number of nitrogens with zero attached hydrogens (tertiary/aromatic N) is 1. The van der Waals surface area contributed by atoms with Gasteiger partial charge in [0.05, 0.1) is 12.7 Å². The maximum atomic E-state index is 12.6. The minimum Gasteiger partial charge on any atom is -0.375 e. The van der Waals surface area contributed by atoms with E-state index in [1.165, 1.54) is 0 Å². The third-order valence-electron chi connectivity index (χ3n) is 3.91. The number of benzene rings is 2. The largest absolute Gasteiger partial charge is 0.375 e. The molecule has 3 rings (SSSR count). The van der Waals surface area contributed by atoms with Gasteiger partial charge in [-0.05, 0) is 35.4 Å². The Morgan fingerprint density at radius 2 is 2.24 bits per heavy atom. The molecule has 2 aromatic rings. The van der Waals surface area contributed by atoms with Gasteiger partial charge in [0, 0.05) is 18.7 Å². The van der Waals surface area contributed by atoms with Crippen molar-refractivity contribution in [1.29, 1.82) is 0 Å². The van der Waals surface area contributed by atoms with E-state index in [1.807, 2.05) is 54.3 Å². The molecule has 2 aromatic carbocycles. The molecule has 0 saturated carbocycles. The molecule has 1 heterocycles. The number of morpholine rings is 1. The Bertz CT molecular complexity index is 693. The lowest BCUT2D eigenvalue weighted by molar-refractivity contribution is -0.0124. The summed E-state index contributed by atoms with van der Waals surface area (Å²) in [5, 5.41) is 2.19. The second-order valence-corrected chi connectivity index (χ2v) is 5.42. The van der Waals surface area contributed by atoms with Gasteiger partial charge in [-0.15, -0.1) is 0 Å². The van der Waals surface area contributed by atoms with Gasteiger partial charge in [0.1, 0.15) is 0 Å². The molecule has 1 saturated heterocycles. The summed E-state index contributed by atoms with van der Waals surface area (Å²) in [4.78, 5) is 14.5. The van der Waals surface area contributed by atoms with Crippen molar-refractivity contribution in [2.45, 2.75) is 13.0 Å². The molecule has 1 aliphatic heterocycles. The van der Waals surface area contributed by atoms with Crippen LogP contribution in [-0.2, 0) is 4.74 Å². The van der Waals surface area contributed by atoms with E-state index in [-0.39, 0.29) is 12.0 Å². The molecule has 0 radical (unpaired) electrons. The van der Waals surface area contributed by atoms with Gasteiger partial charge in [0.2, 0.25) is 0 Å². The number of carbonyl (C=O) groups excluding carboxylic acids is 1. The van der Waals surface area contributed by atoms with E-state index >= 15 is 0 Å². The number of fused-ring (bicyclic) bond motifs is 1. The molecule has 0 aliphatic carbocycles. The maximum absolute atomic E-state index is 12.6. The zero-order chi connectivity index (χ0) is 14.8. The molecule has 21 heavy (non-hydrogen) atoms. The van der Waals surface area contributed by atoms with Crippen molar-refractivity contribution in [1.82, 2.24) is 4.90 Å². The molecule has 3 heteroatoms. The molecule has 3 nitrogen and oxygen atoms in total. The first-order valence-corrected chi connectivity index (χ1v) is 7.25. The Balaban J connectivity index is 1.93. The van der Waals surface area contributed by atoms with Gasteiger partial charge in [0.15, 0.2) is 0 Å². The lowest BCUT2D eigenvalue weighted by Gasteiger charge is -2.31. The smallest absolute Gasteiger partial charge is 0.254 e. The molecule has 1 unspecified atom stereocenters. The fraction of sp³-hybridized carbons (Fsp3) is 0.278. The first kappa shape index (κ1) is 13.8. The first-order chi connectivity index (χ1) is 10.2. The Morgan fingerprint density at radius 1 is 1.38 bits per heavy atom. The van der Waals surface area contributed by atoms with Crippen molar-refractivity contribution in [3.05, 3.63) is 54.1 Å². The normalized spacial score (nSPS) is 18.7. The van der Waals surface area contributed by atoms with Crippen LogP contribution in [0, 0.1) is 0 Å². The van der Waals surface area contributed by atoms with E-state index in [0.717, 1.165) is 21.9 Å². The molecular weight excluding hydrogens is 262 g/mol. The summed E-state index contributed by atoms with van der Waals surface area (Å²) in [5.41, 5.74) is 1.82. The average Bonchev–Trinajstić information content (AvgIpc) is 2.53. The monoisotopic (exact) mass is 281 g/mol. The highest BCUT2D eigenvalue weighted by atomic mass is 16.5. The molecule has 0 N–H and O–H groups in total. The van der Waals surface area contributed by atoms with Crippen LogP contribution in [0.3, 0.4) is 0 Å². The van der Waals surface area contributed by atoms with Crippen LogP contribution in [0.4, 0.5) is 0 Å². The topological polar surface area (TPSA) is 29.5 Å². The highest BCUT2D eigenvalue weighted by molar-refractivity contribution is 6.00. The minimum absolute atomic E-state index is 0.0797. The molecular formula is C18H19NO2. The van der Waals surface area contributed by atoms with Crippen LogP contribution in [-0.4, -0.2) is 36.6 Å². The van der Waals surface area contributed by atoms with Crippen molar-refractivity contribution < 1.29 is 9.53 Å². The summed E-state index contributed by atoms with van der Waals surface area (Å²) in [7, 11) is 0. The van der Waals surface area contributed by atoms with E-state index in [9.17, 15) is 4.79 Å². The number of carbonyl (C=O) groups is 1. The van der Waals surface area contributed by atoms with Crippen molar-refractivity contribution in [3.63, 3.8) is 0 Å². The zero-order valence-corrected chi connectivity index (χ0v) is 12.2. The van der Waals surface area contributed by atoms with Crippen LogP contribution >= 0.6 is 0 Å². The zero-order valence-electron chi connectivity index (χ0n) is 12.2. The number of hydrogen-bond acceptors (Lipinski definition) is 2. The van der Waals surface area contributed by atoms with Gasteiger partial charge >= 0.3 is 0 Å². The quantitative estimate of drug-likeness (QED) is 0.845. The fourth-order valence-electron chi connectivity index (χ4n) is 2.81. The number of amides is 1. The summed E-state index contributed by atoms with van der Waals surface area (Å²) >= 11 is 0. The summed E-state index contributed by atoms with van der Waals surface area (Å²) in [6.45, 7) is 7.76. The predicted octanol–water partition coefficient (Wildman–Crippen LogP) is 3.34. The Kier molecular flexibility index (Phi) is 3.76. The Morgan fingerprint density at radius 3 is 3.00 bits per heavy atom. The summed E-state index contributed by atoms with van der Waals surface area (Å²) < 4.78 is 5.49. The number of rotatable bonds is 2. The van der Waals surface area contributed by atoms with Crippen LogP contribution < -0.4 is 0 Å². The van der Waals surface area contributed by atoms with Crippen molar-refractivity contribution in [2.24, 2.45) is 0 Å². The lowest BCUT2D eigenvalue weighted by Crippen LogP contribution is -2.44. The summed E-state index contributed by atoms with van der Waals surface area (Å²) in [5.74, 6) is 0.0797. The van der Waals surface area contributed by atoms with E-state index in [0.29, 0.717) is 19.7 Å². The fourth-order valence-corrected chi connectivity index (χ4v) is 2.81. The van der Waals surface area contributed by atoms with Crippen LogP contribution in [0.15, 0.2) is 43.0 Å². The third-order valence-corrected chi connectivity index (χ3v) is 3.91. The van der Waals surface area contributed by atoms with Gasteiger partial charge in [-0.3, -0.25) is 4.79 Å². The van der Waals surface area contributed by atoms with Crippen LogP contribution in [0.2, 0.25) is 0 Å². The summed E-state index contributed by atoms with van der Waals surface area (Å²) in [6, 6.07) is 11.9. The summed E-state index contributed by atoms with van der Waals surface area (Å²) in [6.07, 6.45) is 1.95. The highest BCUT2D eigenvalue weighted by Crippen LogP contribution is 2.22. The Hall–Kier alpha value is -2.13. The molecule has 0 spiro atoms. The van der Waals surface area contributed by atoms with Crippen molar-refractivity contribution in [3.8, 4) is 0 Å². The molecule has 0 bridgehead atoms. The molecule has 1 atom stereocenters. The van der Waals surface area contributed by atoms with E-state index in [1.54, 1.807) is 0 Å². The van der Waals surface area contributed by atoms with Gasteiger partial charge in [0.25, 0.3) is 5.91 Å². The first-order valence-electron chi connectivity index (χ1n) is 7.25. The molecule has 1 amide bonds. The molecule has 0 aromatic heterocycles. The second-order valence-electron chi connectivity index (χ2n) is 5.42. The maximum Gasteiger partial charge on any atom is 0.254 e. The van der Waals surface area contributed by atoms with Gasteiger partial charge in [-0.25, -0.2) is 0 Å². The lowest BCUT2D eigenvalue weighted by atomic mass is 10.0.